The summed E-state index contributed by atoms with van der Waals surface area (Å²) in [5.74, 6) is 0.873. The Morgan fingerprint density at radius 1 is 1.28 bits per heavy atom. The van der Waals surface area contributed by atoms with Gasteiger partial charge in [-0.3, -0.25) is 0 Å². The number of benzene rings is 1. The minimum Gasteiger partial charge on any atom is -0.490 e. The van der Waals surface area contributed by atoms with Gasteiger partial charge in [0.2, 0.25) is 0 Å². The first-order valence-corrected chi connectivity index (χ1v) is 7.17. The zero-order valence-corrected chi connectivity index (χ0v) is 11.2. The van der Waals surface area contributed by atoms with E-state index in [-0.39, 0.29) is 0 Å². The lowest BCUT2D eigenvalue weighted by Crippen LogP contribution is -1.99. The van der Waals surface area contributed by atoms with Gasteiger partial charge >= 0.3 is 0 Å². The third kappa shape index (κ3) is 2.69. The van der Waals surface area contributed by atoms with Crippen LogP contribution >= 0.6 is 22.9 Å². The smallest absolute Gasteiger partial charge is 0.119 e. The number of halogens is 1. The minimum absolute atomic E-state index is 0.400. The molecule has 0 bridgehead atoms. The fraction of sp³-hybridized carbons (Fsp3) is 0.286. The molecule has 1 saturated carbocycles. The Balaban J connectivity index is 1.74. The summed E-state index contributed by atoms with van der Waals surface area (Å²) in [7, 11) is 0. The summed E-state index contributed by atoms with van der Waals surface area (Å²) in [5.41, 5.74) is 0.858. The summed E-state index contributed by atoms with van der Waals surface area (Å²) >= 11 is 7.32. The zero-order chi connectivity index (χ0) is 12.5. The highest BCUT2D eigenvalue weighted by Gasteiger charge is 2.23. The first-order chi connectivity index (χ1) is 8.72. The van der Waals surface area contributed by atoms with Crippen LogP contribution in [0.25, 0.3) is 0 Å². The maximum Gasteiger partial charge on any atom is 0.119 e. The monoisotopic (exact) mass is 280 g/mol. The van der Waals surface area contributed by atoms with E-state index < -0.39 is 6.10 Å². The van der Waals surface area contributed by atoms with Crippen molar-refractivity contribution < 1.29 is 9.84 Å². The Labute approximate surface area is 115 Å². The first-order valence-electron chi connectivity index (χ1n) is 5.91. The molecule has 3 rings (SSSR count). The molecule has 1 N–H and O–H groups in total. The molecule has 0 saturated heterocycles. The van der Waals surface area contributed by atoms with Crippen LogP contribution in [0.1, 0.15) is 29.4 Å². The van der Waals surface area contributed by atoms with Gasteiger partial charge in [0.1, 0.15) is 11.9 Å². The molecule has 0 amide bonds. The fourth-order valence-corrected chi connectivity index (χ4v) is 2.84. The summed E-state index contributed by atoms with van der Waals surface area (Å²) in [5, 5.41) is 12.7. The molecule has 18 heavy (non-hydrogen) atoms. The lowest BCUT2D eigenvalue weighted by Gasteiger charge is -2.10. The van der Waals surface area contributed by atoms with Crippen LogP contribution in [0.5, 0.6) is 5.75 Å². The van der Waals surface area contributed by atoms with Gasteiger partial charge in [-0.15, -0.1) is 11.3 Å². The lowest BCUT2D eigenvalue weighted by atomic mass is 10.1. The second-order valence-corrected chi connectivity index (χ2v) is 5.84. The molecule has 1 unspecified atom stereocenters. The van der Waals surface area contributed by atoms with Gasteiger partial charge in [0.25, 0.3) is 0 Å². The quantitative estimate of drug-likeness (QED) is 0.916. The van der Waals surface area contributed by atoms with Crippen LogP contribution < -0.4 is 4.74 Å². The molecule has 1 aromatic heterocycles. The molecule has 1 aromatic carbocycles. The Kier molecular flexibility index (Phi) is 3.29. The van der Waals surface area contributed by atoms with Crippen LogP contribution in [0.2, 0.25) is 5.02 Å². The van der Waals surface area contributed by atoms with E-state index in [1.54, 1.807) is 6.07 Å². The number of rotatable bonds is 4. The van der Waals surface area contributed by atoms with Crippen molar-refractivity contribution in [3.8, 4) is 5.75 Å². The third-order valence-electron chi connectivity index (χ3n) is 2.88. The van der Waals surface area contributed by atoms with Gasteiger partial charge in [0.15, 0.2) is 0 Å². The average Bonchev–Trinajstić information content (AvgIpc) is 3.09. The topological polar surface area (TPSA) is 29.5 Å². The van der Waals surface area contributed by atoms with Crippen LogP contribution in [-0.4, -0.2) is 11.2 Å². The van der Waals surface area contributed by atoms with Crippen molar-refractivity contribution in [3.63, 3.8) is 0 Å². The SMILES string of the molecule is OC(c1ccc(OC2CC2)cc1)c1cc(Cl)cs1. The Bertz CT molecular complexity index is 531. The van der Waals surface area contributed by atoms with Gasteiger partial charge in [-0.25, -0.2) is 0 Å². The number of hydrogen-bond acceptors (Lipinski definition) is 3. The summed E-state index contributed by atoms with van der Waals surface area (Å²) in [6, 6.07) is 9.41. The van der Waals surface area contributed by atoms with Crippen LogP contribution in [-0.2, 0) is 0 Å². The molecule has 1 fully saturated rings. The average molecular weight is 281 g/mol. The van der Waals surface area contributed by atoms with Crippen molar-refractivity contribution >= 4 is 22.9 Å². The number of aliphatic hydroxyl groups excluding tert-OH is 1. The zero-order valence-electron chi connectivity index (χ0n) is 9.67. The van der Waals surface area contributed by atoms with Crippen molar-refractivity contribution in [2.24, 2.45) is 0 Å². The third-order valence-corrected chi connectivity index (χ3v) is 4.21. The number of thiophene rings is 1. The predicted octanol–water partition coefficient (Wildman–Crippen LogP) is 4.02. The summed E-state index contributed by atoms with van der Waals surface area (Å²) < 4.78 is 5.67. The fourth-order valence-electron chi connectivity index (χ4n) is 1.74. The lowest BCUT2D eigenvalue weighted by molar-refractivity contribution is 0.224. The molecule has 1 heterocycles. The Morgan fingerprint density at radius 2 is 2.00 bits per heavy atom. The first kappa shape index (κ1) is 12.0. The highest BCUT2D eigenvalue weighted by molar-refractivity contribution is 7.10. The molecule has 2 aromatic rings. The molecule has 0 radical (unpaired) electrons. The predicted molar refractivity (Wildman–Crippen MR) is 73.5 cm³/mol. The molecule has 2 nitrogen and oxygen atoms in total. The largest absolute Gasteiger partial charge is 0.490 e. The minimum atomic E-state index is -0.613. The van der Waals surface area contributed by atoms with E-state index in [2.05, 4.69) is 0 Å². The van der Waals surface area contributed by atoms with Gasteiger partial charge in [0.05, 0.1) is 11.1 Å². The van der Waals surface area contributed by atoms with E-state index >= 15 is 0 Å². The molecule has 1 aliphatic carbocycles. The van der Waals surface area contributed by atoms with Crippen molar-refractivity contribution in [1.29, 1.82) is 0 Å². The molecule has 94 valence electrons. The highest BCUT2D eigenvalue weighted by Crippen LogP contribution is 2.31. The van der Waals surface area contributed by atoms with Crippen molar-refractivity contribution in [2.75, 3.05) is 0 Å². The van der Waals surface area contributed by atoms with E-state index in [0.717, 1.165) is 29.0 Å². The van der Waals surface area contributed by atoms with E-state index in [0.29, 0.717) is 11.1 Å². The van der Waals surface area contributed by atoms with Gasteiger partial charge < -0.3 is 9.84 Å². The maximum atomic E-state index is 10.2. The van der Waals surface area contributed by atoms with Gasteiger partial charge in [0, 0.05) is 10.3 Å². The van der Waals surface area contributed by atoms with Crippen LogP contribution in [0, 0.1) is 0 Å². The van der Waals surface area contributed by atoms with Crippen LogP contribution in [0.4, 0.5) is 0 Å². The van der Waals surface area contributed by atoms with Crippen molar-refractivity contribution in [1.82, 2.24) is 0 Å². The Hall–Kier alpha value is -1.03. The van der Waals surface area contributed by atoms with Crippen molar-refractivity contribution in [2.45, 2.75) is 25.0 Å². The van der Waals surface area contributed by atoms with E-state index in [1.165, 1.54) is 11.3 Å². The number of aliphatic hydroxyl groups is 1. The Morgan fingerprint density at radius 3 is 2.56 bits per heavy atom. The van der Waals surface area contributed by atoms with Gasteiger partial charge in [-0.05, 0) is 36.6 Å². The van der Waals surface area contributed by atoms with Crippen LogP contribution in [0.3, 0.4) is 0 Å². The number of hydrogen-bond donors (Lipinski definition) is 1. The van der Waals surface area contributed by atoms with Gasteiger partial charge in [-0.2, -0.15) is 0 Å². The summed E-state index contributed by atoms with van der Waals surface area (Å²) in [6.07, 6.45) is 2.09. The second kappa shape index (κ2) is 4.92. The molecule has 0 spiro atoms. The summed E-state index contributed by atoms with van der Waals surface area (Å²) in [6.45, 7) is 0. The molecular weight excluding hydrogens is 268 g/mol. The van der Waals surface area contributed by atoms with E-state index in [4.69, 9.17) is 16.3 Å². The molecular formula is C14H13ClO2S. The number of ether oxygens (including phenoxy) is 1. The second-order valence-electron chi connectivity index (χ2n) is 4.46. The normalized spacial score (nSPS) is 16.6. The molecule has 1 atom stereocenters. The van der Waals surface area contributed by atoms with Crippen molar-refractivity contribution in [3.05, 3.63) is 51.2 Å². The molecule has 0 aliphatic heterocycles. The standard InChI is InChI=1S/C14H13ClO2S/c15-10-7-13(18-8-10)14(16)9-1-3-11(4-2-9)17-12-5-6-12/h1-4,7-8,12,14,16H,5-6H2. The van der Waals surface area contributed by atoms with E-state index in [9.17, 15) is 5.11 Å². The highest BCUT2D eigenvalue weighted by atomic mass is 35.5. The van der Waals surface area contributed by atoms with Gasteiger partial charge in [-0.1, -0.05) is 23.7 Å². The summed E-state index contributed by atoms with van der Waals surface area (Å²) in [4.78, 5) is 0.857. The van der Waals surface area contributed by atoms with E-state index in [1.807, 2.05) is 29.6 Å². The molecule has 4 heteroatoms. The molecule has 1 aliphatic rings. The maximum absolute atomic E-state index is 10.2. The van der Waals surface area contributed by atoms with Crippen LogP contribution in [0.15, 0.2) is 35.7 Å².